The summed E-state index contributed by atoms with van der Waals surface area (Å²) < 4.78 is 2.36. The van der Waals surface area contributed by atoms with Crippen molar-refractivity contribution in [1.29, 1.82) is 0 Å². The van der Waals surface area contributed by atoms with Crippen LogP contribution in [0.4, 0.5) is 0 Å². The number of thioether (sulfide) groups is 1. The standard InChI is InChI=1S/C15H19NS/c1-13(2)15-9-6-10-16(15)11-12-17-14-7-4-3-5-8-14/h3-10,13H,11-12H2,1-2H3. The van der Waals surface area contributed by atoms with Gasteiger partial charge < -0.3 is 4.57 Å². The lowest BCUT2D eigenvalue weighted by Crippen LogP contribution is -2.04. The lowest BCUT2D eigenvalue weighted by molar-refractivity contribution is 0.678. The normalized spacial score (nSPS) is 11.0. The summed E-state index contributed by atoms with van der Waals surface area (Å²) in [6, 6.07) is 15.0. The van der Waals surface area contributed by atoms with Crippen LogP contribution >= 0.6 is 11.8 Å². The van der Waals surface area contributed by atoms with Crippen molar-refractivity contribution in [3.8, 4) is 0 Å². The Balaban J connectivity index is 1.88. The molecule has 0 aliphatic carbocycles. The highest BCUT2D eigenvalue weighted by Crippen LogP contribution is 2.19. The zero-order valence-electron chi connectivity index (χ0n) is 10.5. The van der Waals surface area contributed by atoms with Crippen LogP contribution in [0.3, 0.4) is 0 Å². The molecule has 1 aromatic heterocycles. The molecule has 90 valence electrons. The van der Waals surface area contributed by atoms with Gasteiger partial charge in [0.15, 0.2) is 0 Å². The third-order valence-electron chi connectivity index (χ3n) is 2.80. The third kappa shape index (κ3) is 3.40. The van der Waals surface area contributed by atoms with E-state index in [-0.39, 0.29) is 0 Å². The van der Waals surface area contributed by atoms with Gasteiger partial charge in [0.1, 0.15) is 0 Å². The first-order chi connectivity index (χ1) is 8.27. The Kier molecular flexibility index (Phi) is 4.32. The van der Waals surface area contributed by atoms with Crippen LogP contribution in [-0.2, 0) is 6.54 Å². The van der Waals surface area contributed by atoms with E-state index in [2.05, 4.69) is 67.1 Å². The predicted octanol–water partition coefficient (Wildman–Crippen LogP) is 4.40. The monoisotopic (exact) mass is 245 g/mol. The van der Waals surface area contributed by atoms with Crippen molar-refractivity contribution in [2.45, 2.75) is 31.2 Å². The van der Waals surface area contributed by atoms with Gasteiger partial charge in [-0.15, -0.1) is 11.8 Å². The first kappa shape index (κ1) is 12.3. The lowest BCUT2D eigenvalue weighted by atomic mass is 10.1. The molecule has 0 N–H and O–H groups in total. The van der Waals surface area contributed by atoms with Crippen molar-refractivity contribution in [2.75, 3.05) is 5.75 Å². The number of nitrogens with zero attached hydrogens (tertiary/aromatic N) is 1. The summed E-state index contributed by atoms with van der Waals surface area (Å²) in [7, 11) is 0. The van der Waals surface area contributed by atoms with Crippen LogP contribution in [0, 0.1) is 0 Å². The molecule has 2 heteroatoms. The van der Waals surface area contributed by atoms with Crippen LogP contribution in [0.15, 0.2) is 53.6 Å². The average molecular weight is 245 g/mol. The zero-order valence-corrected chi connectivity index (χ0v) is 11.3. The van der Waals surface area contributed by atoms with E-state index in [0.29, 0.717) is 5.92 Å². The maximum absolute atomic E-state index is 2.36. The Morgan fingerprint density at radius 3 is 2.53 bits per heavy atom. The van der Waals surface area contributed by atoms with Crippen LogP contribution in [0.2, 0.25) is 0 Å². The smallest absolute Gasteiger partial charge is 0.0316 e. The summed E-state index contributed by atoms with van der Waals surface area (Å²) in [6.07, 6.45) is 2.18. The van der Waals surface area contributed by atoms with E-state index < -0.39 is 0 Å². The van der Waals surface area contributed by atoms with Gasteiger partial charge in [0.25, 0.3) is 0 Å². The number of aryl methyl sites for hydroxylation is 1. The molecule has 0 unspecified atom stereocenters. The summed E-state index contributed by atoms with van der Waals surface area (Å²) in [5.74, 6) is 1.73. The van der Waals surface area contributed by atoms with Crippen molar-refractivity contribution in [1.82, 2.24) is 4.57 Å². The van der Waals surface area contributed by atoms with Crippen LogP contribution in [0.25, 0.3) is 0 Å². The molecule has 1 nitrogen and oxygen atoms in total. The number of rotatable bonds is 5. The van der Waals surface area contributed by atoms with E-state index in [1.165, 1.54) is 10.6 Å². The minimum absolute atomic E-state index is 0.603. The van der Waals surface area contributed by atoms with E-state index in [0.717, 1.165) is 12.3 Å². The maximum atomic E-state index is 2.36. The van der Waals surface area contributed by atoms with Gasteiger partial charge in [0.05, 0.1) is 0 Å². The van der Waals surface area contributed by atoms with Gasteiger partial charge in [-0.1, -0.05) is 32.0 Å². The van der Waals surface area contributed by atoms with Gasteiger partial charge in [0.2, 0.25) is 0 Å². The Morgan fingerprint density at radius 1 is 1.06 bits per heavy atom. The fraction of sp³-hybridized carbons (Fsp3) is 0.333. The summed E-state index contributed by atoms with van der Waals surface area (Å²) in [4.78, 5) is 1.35. The quantitative estimate of drug-likeness (QED) is 0.707. The highest BCUT2D eigenvalue weighted by molar-refractivity contribution is 7.99. The van der Waals surface area contributed by atoms with Crippen molar-refractivity contribution in [3.63, 3.8) is 0 Å². The lowest BCUT2D eigenvalue weighted by Gasteiger charge is -2.11. The van der Waals surface area contributed by atoms with Crippen molar-refractivity contribution < 1.29 is 0 Å². The van der Waals surface area contributed by atoms with E-state index >= 15 is 0 Å². The second kappa shape index (κ2) is 5.97. The summed E-state index contributed by atoms with van der Waals surface area (Å²) in [5.41, 5.74) is 1.43. The maximum Gasteiger partial charge on any atom is 0.0316 e. The molecule has 0 fully saturated rings. The SMILES string of the molecule is CC(C)c1cccn1CCSc1ccccc1. The molecular formula is C15H19NS. The van der Waals surface area contributed by atoms with Gasteiger partial charge in [-0.3, -0.25) is 0 Å². The van der Waals surface area contributed by atoms with E-state index in [9.17, 15) is 0 Å². The molecule has 0 saturated carbocycles. The van der Waals surface area contributed by atoms with E-state index in [1.54, 1.807) is 0 Å². The number of benzene rings is 1. The summed E-state index contributed by atoms with van der Waals surface area (Å²) in [6.45, 7) is 5.58. The van der Waals surface area contributed by atoms with E-state index in [4.69, 9.17) is 0 Å². The Bertz CT molecular complexity index is 445. The predicted molar refractivity (Wildman–Crippen MR) is 75.7 cm³/mol. The Morgan fingerprint density at radius 2 is 1.82 bits per heavy atom. The first-order valence-electron chi connectivity index (χ1n) is 6.10. The molecular weight excluding hydrogens is 226 g/mol. The molecule has 1 aromatic carbocycles. The highest BCUT2D eigenvalue weighted by atomic mass is 32.2. The molecule has 0 atom stereocenters. The van der Waals surface area contributed by atoms with Crippen LogP contribution in [0.1, 0.15) is 25.5 Å². The number of hydrogen-bond donors (Lipinski definition) is 0. The molecule has 0 bridgehead atoms. The molecule has 0 saturated heterocycles. The van der Waals surface area contributed by atoms with Gasteiger partial charge in [-0.2, -0.15) is 0 Å². The third-order valence-corrected chi connectivity index (χ3v) is 3.79. The van der Waals surface area contributed by atoms with Gasteiger partial charge >= 0.3 is 0 Å². The first-order valence-corrected chi connectivity index (χ1v) is 7.09. The molecule has 0 aliphatic heterocycles. The second-order valence-electron chi connectivity index (χ2n) is 4.44. The van der Waals surface area contributed by atoms with Gasteiger partial charge in [-0.25, -0.2) is 0 Å². The van der Waals surface area contributed by atoms with Gasteiger partial charge in [-0.05, 0) is 30.2 Å². The fourth-order valence-electron chi connectivity index (χ4n) is 1.93. The Labute approximate surface area is 108 Å². The van der Waals surface area contributed by atoms with E-state index in [1.807, 2.05) is 11.8 Å². The van der Waals surface area contributed by atoms with Crippen molar-refractivity contribution in [3.05, 3.63) is 54.4 Å². The van der Waals surface area contributed by atoms with Crippen LogP contribution < -0.4 is 0 Å². The largest absolute Gasteiger partial charge is 0.350 e. The summed E-state index contributed by atoms with van der Waals surface area (Å²) >= 11 is 1.92. The molecule has 0 radical (unpaired) electrons. The average Bonchev–Trinajstić information content (AvgIpc) is 2.79. The summed E-state index contributed by atoms with van der Waals surface area (Å²) in [5, 5.41) is 0. The van der Waals surface area contributed by atoms with Crippen LogP contribution in [-0.4, -0.2) is 10.3 Å². The highest BCUT2D eigenvalue weighted by Gasteiger charge is 2.04. The van der Waals surface area contributed by atoms with Crippen molar-refractivity contribution >= 4 is 11.8 Å². The molecule has 0 aliphatic rings. The minimum Gasteiger partial charge on any atom is -0.350 e. The molecule has 0 spiro atoms. The molecule has 17 heavy (non-hydrogen) atoms. The van der Waals surface area contributed by atoms with Gasteiger partial charge in [0, 0.05) is 29.1 Å². The van der Waals surface area contributed by atoms with Crippen molar-refractivity contribution in [2.24, 2.45) is 0 Å². The van der Waals surface area contributed by atoms with Crippen LogP contribution in [0.5, 0.6) is 0 Å². The fourth-order valence-corrected chi connectivity index (χ4v) is 2.81. The molecule has 2 aromatic rings. The topological polar surface area (TPSA) is 4.93 Å². The molecule has 1 heterocycles. The zero-order chi connectivity index (χ0) is 12.1. The molecule has 2 rings (SSSR count). The Hall–Kier alpha value is -1.15. The minimum atomic E-state index is 0.603. The second-order valence-corrected chi connectivity index (χ2v) is 5.61. The number of hydrogen-bond acceptors (Lipinski definition) is 1. The number of aromatic nitrogens is 1. The molecule has 0 amide bonds.